The van der Waals surface area contributed by atoms with Gasteiger partial charge in [-0.05, 0) is 18.8 Å². The van der Waals surface area contributed by atoms with Crippen molar-refractivity contribution in [3.8, 4) is 0 Å². The summed E-state index contributed by atoms with van der Waals surface area (Å²) < 4.78 is 0. The molecule has 2 rings (SSSR count). The van der Waals surface area contributed by atoms with Gasteiger partial charge in [-0.1, -0.05) is 26.2 Å². The molecule has 0 spiro atoms. The maximum atomic E-state index is 11.5. The minimum atomic E-state index is 0.159. The van der Waals surface area contributed by atoms with E-state index in [2.05, 4.69) is 12.2 Å². The smallest absolute Gasteiger partial charge is 0.317 e. The number of nitrogens with zero attached hydrogens (tertiary/aromatic N) is 1. The summed E-state index contributed by atoms with van der Waals surface area (Å²) in [6.45, 7) is 4.02. The molecule has 0 aromatic carbocycles. The van der Waals surface area contributed by atoms with Crippen molar-refractivity contribution < 1.29 is 4.79 Å². The molecule has 1 saturated carbocycles. The fourth-order valence-electron chi connectivity index (χ4n) is 2.75. The summed E-state index contributed by atoms with van der Waals surface area (Å²) in [5.41, 5.74) is 0. The molecule has 2 unspecified atom stereocenters. The summed E-state index contributed by atoms with van der Waals surface area (Å²) in [4.78, 5) is 13.5. The first-order valence-electron chi connectivity index (χ1n) is 5.85. The lowest BCUT2D eigenvalue weighted by molar-refractivity contribution is 0.159. The highest BCUT2D eigenvalue weighted by Crippen LogP contribution is 2.30. The molecule has 2 amide bonds. The van der Waals surface area contributed by atoms with Crippen molar-refractivity contribution in [3.05, 3.63) is 0 Å². The van der Waals surface area contributed by atoms with Gasteiger partial charge in [-0.25, -0.2) is 4.79 Å². The number of carbonyl (C=O) groups is 1. The molecule has 1 aliphatic heterocycles. The molecule has 1 N–H and O–H groups in total. The molecule has 80 valence electrons. The van der Waals surface area contributed by atoms with Crippen LogP contribution in [0.2, 0.25) is 0 Å². The average Bonchev–Trinajstić information content (AvgIpc) is 2.65. The lowest BCUT2D eigenvalue weighted by Crippen LogP contribution is -2.40. The molecule has 2 fully saturated rings. The highest BCUT2D eigenvalue weighted by Gasteiger charge is 2.31. The number of amides is 2. The summed E-state index contributed by atoms with van der Waals surface area (Å²) in [7, 11) is 0. The van der Waals surface area contributed by atoms with E-state index in [4.69, 9.17) is 0 Å². The zero-order valence-corrected chi connectivity index (χ0v) is 8.96. The number of carbonyl (C=O) groups excluding carboxylic acids is 1. The van der Waals surface area contributed by atoms with Gasteiger partial charge in [0, 0.05) is 19.1 Å². The van der Waals surface area contributed by atoms with Crippen molar-refractivity contribution in [2.24, 2.45) is 5.92 Å². The Balaban J connectivity index is 1.93. The first-order valence-corrected chi connectivity index (χ1v) is 5.85. The van der Waals surface area contributed by atoms with Crippen LogP contribution in [0, 0.1) is 5.92 Å². The summed E-state index contributed by atoms with van der Waals surface area (Å²) in [5, 5.41) is 2.89. The van der Waals surface area contributed by atoms with E-state index in [1.807, 2.05) is 4.90 Å². The predicted molar refractivity (Wildman–Crippen MR) is 56.1 cm³/mol. The minimum Gasteiger partial charge on any atom is -0.336 e. The SMILES string of the molecule is CCC1CCCC(N2CCNC2=O)C1. The second kappa shape index (κ2) is 4.20. The fraction of sp³-hybridized carbons (Fsp3) is 0.909. The predicted octanol–water partition coefficient (Wildman–Crippen LogP) is 1.98. The van der Waals surface area contributed by atoms with E-state index in [9.17, 15) is 4.79 Å². The molecular formula is C11H20N2O. The molecule has 0 radical (unpaired) electrons. The molecule has 0 bridgehead atoms. The third kappa shape index (κ3) is 1.86. The molecule has 0 aromatic rings. The van der Waals surface area contributed by atoms with Crippen molar-refractivity contribution in [3.63, 3.8) is 0 Å². The second-order valence-corrected chi connectivity index (χ2v) is 4.52. The van der Waals surface area contributed by atoms with E-state index < -0.39 is 0 Å². The van der Waals surface area contributed by atoms with Crippen LogP contribution in [-0.4, -0.2) is 30.1 Å². The largest absolute Gasteiger partial charge is 0.336 e. The normalized spacial score (nSPS) is 33.2. The van der Waals surface area contributed by atoms with Gasteiger partial charge in [0.15, 0.2) is 0 Å². The molecule has 2 aliphatic rings. The highest BCUT2D eigenvalue weighted by atomic mass is 16.2. The summed E-state index contributed by atoms with van der Waals surface area (Å²) >= 11 is 0. The fourth-order valence-corrected chi connectivity index (χ4v) is 2.75. The number of hydrogen-bond acceptors (Lipinski definition) is 1. The maximum Gasteiger partial charge on any atom is 0.317 e. The molecular weight excluding hydrogens is 176 g/mol. The Bertz CT molecular complexity index is 217. The molecule has 3 nitrogen and oxygen atoms in total. The highest BCUT2D eigenvalue weighted by molar-refractivity contribution is 5.76. The van der Waals surface area contributed by atoms with Gasteiger partial charge in [-0.2, -0.15) is 0 Å². The van der Waals surface area contributed by atoms with E-state index in [0.717, 1.165) is 19.0 Å². The number of nitrogens with one attached hydrogen (secondary N) is 1. The van der Waals surface area contributed by atoms with Gasteiger partial charge < -0.3 is 10.2 Å². The van der Waals surface area contributed by atoms with E-state index in [0.29, 0.717) is 6.04 Å². The molecule has 0 aromatic heterocycles. The van der Waals surface area contributed by atoms with E-state index in [1.165, 1.54) is 32.1 Å². The van der Waals surface area contributed by atoms with Crippen molar-refractivity contribution in [1.29, 1.82) is 0 Å². The topological polar surface area (TPSA) is 32.3 Å². The Hall–Kier alpha value is -0.730. The molecule has 1 aliphatic carbocycles. The van der Waals surface area contributed by atoms with Crippen molar-refractivity contribution in [2.45, 2.75) is 45.1 Å². The Labute approximate surface area is 85.8 Å². The number of hydrogen-bond donors (Lipinski definition) is 1. The van der Waals surface area contributed by atoms with Gasteiger partial charge >= 0.3 is 6.03 Å². The van der Waals surface area contributed by atoms with E-state index >= 15 is 0 Å². The molecule has 3 heteroatoms. The van der Waals surface area contributed by atoms with Crippen molar-refractivity contribution >= 4 is 6.03 Å². The minimum absolute atomic E-state index is 0.159. The van der Waals surface area contributed by atoms with Gasteiger partial charge in [-0.15, -0.1) is 0 Å². The molecule has 1 saturated heterocycles. The van der Waals surface area contributed by atoms with Crippen LogP contribution in [0.25, 0.3) is 0 Å². The van der Waals surface area contributed by atoms with E-state index in [1.54, 1.807) is 0 Å². The zero-order chi connectivity index (χ0) is 9.97. The Morgan fingerprint density at radius 1 is 1.50 bits per heavy atom. The second-order valence-electron chi connectivity index (χ2n) is 4.52. The quantitative estimate of drug-likeness (QED) is 0.719. The summed E-state index contributed by atoms with van der Waals surface area (Å²) in [6.07, 6.45) is 6.37. The van der Waals surface area contributed by atoms with Crippen LogP contribution < -0.4 is 5.32 Å². The van der Waals surface area contributed by atoms with Crippen LogP contribution >= 0.6 is 0 Å². The van der Waals surface area contributed by atoms with Gasteiger partial charge in [0.05, 0.1) is 0 Å². The number of urea groups is 1. The Morgan fingerprint density at radius 3 is 3.00 bits per heavy atom. The Morgan fingerprint density at radius 2 is 2.36 bits per heavy atom. The van der Waals surface area contributed by atoms with Crippen LogP contribution in [0.4, 0.5) is 4.79 Å². The van der Waals surface area contributed by atoms with Crippen molar-refractivity contribution in [2.75, 3.05) is 13.1 Å². The molecule has 2 atom stereocenters. The summed E-state index contributed by atoms with van der Waals surface area (Å²) in [5.74, 6) is 0.849. The number of rotatable bonds is 2. The third-order valence-electron chi connectivity index (χ3n) is 3.66. The molecule has 1 heterocycles. The zero-order valence-electron chi connectivity index (χ0n) is 8.96. The summed E-state index contributed by atoms with van der Waals surface area (Å²) in [6, 6.07) is 0.683. The van der Waals surface area contributed by atoms with Crippen LogP contribution in [0.15, 0.2) is 0 Å². The van der Waals surface area contributed by atoms with Gasteiger partial charge in [0.1, 0.15) is 0 Å². The van der Waals surface area contributed by atoms with Gasteiger partial charge in [0.25, 0.3) is 0 Å². The maximum absolute atomic E-state index is 11.5. The van der Waals surface area contributed by atoms with Crippen LogP contribution in [0.3, 0.4) is 0 Å². The monoisotopic (exact) mass is 196 g/mol. The standard InChI is InChI=1S/C11H20N2O/c1-2-9-4-3-5-10(8-9)13-7-6-12-11(13)14/h9-10H,2-8H2,1H3,(H,12,14). The molecule has 14 heavy (non-hydrogen) atoms. The van der Waals surface area contributed by atoms with E-state index in [-0.39, 0.29) is 6.03 Å². The van der Waals surface area contributed by atoms with Crippen LogP contribution in [0.1, 0.15) is 39.0 Å². The van der Waals surface area contributed by atoms with Gasteiger partial charge in [0.2, 0.25) is 0 Å². The average molecular weight is 196 g/mol. The van der Waals surface area contributed by atoms with Gasteiger partial charge in [-0.3, -0.25) is 0 Å². The van der Waals surface area contributed by atoms with Crippen molar-refractivity contribution in [1.82, 2.24) is 10.2 Å². The lowest BCUT2D eigenvalue weighted by Gasteiger charge is -2.34. The first kappa shape index (κ1) is 9.81. The first-order chi connectivity index (χ1) is 6.81. The lowest BCUT2D eigenvalue weighted by atomic mass is 9.83. The van der Waals surface area contributed by atoms with Crippen LogP contribution in [-0.2, 0) is 0 Å². The Kier molecular flexibility index (Phi) is 2.94. The third-order valence-corrected chi connectivity index (χ3v) is 3.66. The van der Waals surface area contributed by atoms with Crippen LogP contribution in [0.5, 0.6) is 0 Å².